The van der Waals surface area contributed by atoms with Crippen LogP contribution in [0.4, 0.5) is 0 Å². The minimum absolute atomic E-state index is 0.626. The fourth-order valence-corrected chi connectivity index (χ4v) is 4.34. The van der Waals surface area contributed by atoms with E-state index in [1.807, 2.05) is 0 Å². The lowest BCUT2D eigenvalue weighted by Gasteiger charge is -2.49. The van der Waals surface area contributed by atoms with Gasteiger partial charge in [0.05, 0.1) is 18.8 Å². The highest BCUT2D eigenvalue weighted by atomic mass is 16.7. The van der Waals surface area contributed by atoms with Crippen molar-refractivity contribution >= 4 is 5.91 Å². The highest BCUT2D eigenvalue weighted by Crippen LogP contribution is 2.32. The zero-order chi connectivity index (χ0) is 26.2. The van der Waals surface area contributed by atoms with Crippen molar-refractivity contribution < 1.29 is 69.3 Å². The molecule has 204 valence electrons. The number of aliphatic hydroxyl groups excluding tert-OH is 8. The summed E-state index contributed by atoms with van der Waals surface area (Å²) in [5.41, 5.74) is 0. The number of rotatable bonds is 6. The summed E-state index contributed by atoms with van der Waals surface area (Å²) in [6.45, 7) is 3.24. The van der Waals surface area contributed by atoms with E-state index >= 15 is 0 Å². The van der Waals surface area contributed by atoms with E-state index in [-0.39, 0.29) is 0 Å². The van der Waals surface area contributed by atoms with Crippen molar-refractivity contribution in [3.8, 4) is 0 Å². The van der Waals surface area contributed by atoms with Crippen LogP contribution in [0.1, 0.15) is 20.8 Å². The fraction of sp³-hybridized carbons (Fsp3) is 0.950. The third-order valence-electron chi connectivity index (χ3n) is 6.42. The molecule has 3 heterocycles. The monoisotopic (exact) mass is 513 g/mol. The van der Waals surface area contributed by atoms with Crippen molar-refractivity contribution in [1.82, 2.24) is 5.32 Å². The standard InChI is InChI=1S/C20H35NO14/c1-5-11(25)14(28)17(18(30)31-5)35-19-9(21-7(3)23)16(12(26)8(4-22)33-19)34-20-15(29)13(27)10(24)6(2)32-20/h5-6,8-20,22,24-30H,4H2,1-3H3,(H,21,23)/t5-,6-,8-,9-,10-,11-,12-,13+,14+,15+,16-,17+,18+,19+,20-/m0/s1. The molecule has 0 aliphatic carbocycles. The van der Waals surface area contributed by atoms with E-state index in [0.29, 0.717) is 0 Å². The summed E-state index contributed by atoms with van der Waals surface area (Å²) in [6.07, 6.45) is -20.6. The van der Waals surface area contributed by atoms with Crippen LogP contribution >= 0.6 is 0 Å². The van der Waals surface area contributed by atoms with Crippen LogP contribution in [-0.4, -0.2) is 145 Å². The second kappa shape index (κ2) is 11.6. The fourth-order valence-electron chi connectivity index (χ4n) is 4.34. The maximum atomic E-state index is 12.0. The molecule has 3 saturated heterocycles. The van der Waals surface area contributed by atoms with Crippen LogP contribution in [0.2, 0.25) is 0 Å². The maximum Gasteiger partial charge on any atom is 0.217 e. The predicted octanol–water partition coefficient (Wildman–Crippen LogP) is -5.37. The first kappa shape index (κ1) is 28.5. The second-order valence-corrected chi connectivity index (χ2v) is 9.04. The van der Waals surface area contributed by atoms with E-state index in [2.05, 4.69) is 5.32 Å². The van der Waals surface area contributed by atoms with Gasteiger partial charge < -0.3 is 69.9 Å². The Morgan fingerprint density at radius 2 is 1.31 bits per heavy atom. The van der Waals surface area contributed by atoms with Gasteiger partial charge in [-0.1, -0.05) is 0 Å². The molecule has 3 aliphatic heterocycles. The van der Waals surface area contributed by atoms with E-state index in [1.54, 1.807) is 0 Å². The van der Waals surface area contributed by atoms with Crippen molar-refractivity contribution in [3.63, 3.8) is 0 Å². The van der Waals surface area contributed by atoms with Gasteiger partial charge >= 0.3 is 0 Å². The van der Waals surface area contributed by atoms with Crippen LogP contribution < -0.4 is 5.32 Å². The van der Waals surface area contributed by atoms with Gasteiger partial charge in [-0.3, -0.25) is 4.79 Å². The largest absolute Gasteiger partial charge is 0.394 e. The van der Waals surface area contributed by atoms with Gasteiger partial charge in [0.2, 0.25) is 5.91 Å². The minimum atomic E-state index is -1.74. The molecule has 0 aromatic heterocycles. The Morgan fingerprint density at radius 3 is 1.91 bits per heavy atom. The zero-order valence-electron chi connectivity index (χ0n) is 19.4. The highest BCUT2D eigenvalue weighted by Gasteiger charge is 2.53. The lowest BCUT2D eigenvalue weighted by atomic mass is 9.95. The Balaban J connectivity index is 1.87. The number of ether oxygens (including phenoxy) is 5. The van der Waals surface area contributed by atoms with Gasteiger partial charge in [-0.2, -0.15) is 0 Å². The van der Waals surface area contributed by atoms with Crippen molar-refractivity contribution in [2.45, 2.75) is 113 Å². The summed E-state index contributed by atoms with van der Waals surface area (Å²) in [5.74, 6) is -0.626. The molecule has 0 bridgehead atoms. The summed E-state index contributed by atoms with van der Waals surface area (Å²) in [6, 6.07) is -1.36. The number of hydrogen-bond acceptors (Lipinski definition) is 14. The number of carbonyl (C=O) groups is 1. The zero-order valence-corrected chi connectivity index (χ0v) is 19.4. The van der Waals surface area contributed by atoms with E-state index in [9.17, 15) is 45.6 Å². The Hall–Kier alpha value is -1.05. The normalized spacial score (nSPS) is 51.1. The molecule has 3 fully saturated rings. The molecule has 15 nitrogen and oxygen atoms in total. The summed E-state index contributed by atoms with van der Waals surface area (Å²) in [4.78, 5) is 12.0. The van der Waals surface area contributed by atoms with E-state index in [0.717, 1.165) is 6.92 Å². The number of nitrogens with one attached hydrogen (secondary N) is 1. The number of carbonyl (C=O) groups excluding carboxylic acids is 1. The van der Waals surface area contributed by atoms with Crippen LogP contribution in [0, 0.1) is 0 Å². The summed E-state index contributed by atoms with van der Waals surface area (Å²) < 4.78 is 27.5. The number of hydrogen-bond donors (Lipinski definition) is 9. The van der Waals surface area contributed by atoms with E-state index in [1.165, 1.54) is 13.8 Å². The van der Waals surface area contributed by atoms with Crippen molar-refractivity contribution in [1.29, 1.82) is 0 Å². The van der Waals surface area contributed by atoms with Crippen molar-refractivity contribution in [2.75, 3.05) is 6.61 Å². The topological polar surface area (TPSA) is 237 Å². The molecule has 0 aromatic carbocycles. The van der Waals surface area contributed by atoms with Gasteiger partial charge in [0, 0.05) is 6.92 Å². The quantitative estimate of drug-likeness (QED) is 0.161. The molecule has 35 heavy (non-hydrogen) atoms. The molecule has 0 spiro atoms. The summed E-state index contributed by atoms with van der Waals surface area (Å²) >= 11 is 0. The molecule has 3 aliphatic rings. The van der Waals surface area contributed by atoms with Gasteiger partial charge in [-0.05, 0) is 13.8 Å². The molecule has 0 radical (unpaired) electrons. The Bertz CT molecular complexity index is 715. The van der Waals surface area contributed by atoms with Crippen LogP contribution in [0.5, 0.6) is 0 Å². The molecule has 0 aromatic rings. The SMILES string of the molecule is CC(=O)N[C@@H]1[C@@H](O[C@@H]2[C@H](O)[C@@H](O)[C@H](C)O[C@H]2O)O[C@@H](CO)[C@H](O)[C@H]1O[C@@H]1O[C@@H](C)[C@H](O)[C@@H](O)[C@H]1O. The highest BCUT2D eigenvalue weighted by molar-refractivity contribution is 5.73. The Morgan fingerprint density at radius 1 is 0.743 bits per heavy atom. The van der Waals surface area contributed by atoms with Gasteiger partial charge in [0.1, 0.15) is 61.0 Å². The molecular formula is C20H35NO14. The van der Waals surface area contributed by atoms with Crippen LogP contribution in [0.15, 0.2) is 0 Å². The molecule has 15 atom stereocenters. The maximum absolute atomic E-state index is 12.0. The van der Waals surface area contributed by atoms with Gasteiger partial charge in [-0.25, -0.2) is 0 Å². The van der Waals surface area contributed by atoms with Crippen LogP contribution in [0.25, 0.3) is 0 Å². The van der Waals surface area contributed by atoms with Crippen LogP contribution in [-0.2, 0) is 28.5 Å². The Kier molecular flexibility index (Phi) is 9.42. The third-order valence-corrected chi connectivity index (χ3v) is 6.42. The van der Waals surface area contributed by atoms with Crippen molar-refractivity contribution in [3.05, 3.63) is 0 Å². The molecular weight excluding hydrogens is 478 g/mol. The molecule has 3 rings (SSSR count). The van der Waals surface area contributed by atoms with Gasteiger partial charge in [0.25, 0.3) is 0 Å². The first-order valence-corrected chi connectivity index (χ1v) is 11.3. The summed E-state index contributed by atoms with van der Waals surface area (Å²) in [5, 5.41) is 84.1. The molecule has 0 saturated carbocycles. The minimum Gasteiger partial charge on any atom is -0.394 e. The molecule has 9 N–H and O–H groups in total. The average Bonchev–Trinajstić information content (AvgIpc) is 2.80. The Labute approximate surface area is 200 Å². The number of aliphatic hydroxyl groups is 8. The smallest absolute Gasteiger partial charge is 0.217 e. The lowest BCUT2D eigenvalue weighted by molar-refractivity contribution is -0.364. The third kappa shape index (κ3) is 5.93. The van der Waals surface area contributed by atoms with Crippen LogP contribution in [0.3, 0.4) is 0 Å². The van der Waals surface area contributed by atoms with Gasteiger partial charge in [0.15, 0.2) is 18.9 Å². The van der Waals surface area contributed by atoms with E-state index in [4.69, 9.17) is 23.7 Å². The number of amides is 1. The molecule has 0 unspecified atom stereocenters. The van der Waals surface area contributed by atoms with Crippen molar-refractivity contribution in [2.24, 2.45) is 0 Å². The first-order valence-electron chi connectivity index (χ1n) is 11.3. The molecule has 1 amide bonds. The predicted molar refractivity (Wildman–Crippen MR) is 110 cm³/mol. The summed E-state index contributed by atoms with van der Waals surface area (Å²) in [7, 11) is 0. The van der Waals surface area contributed by atoms with Gasteiger partial charge in [-0.15, -0.1) is 0 Å². The second-order valence-electron chi connectivity index (χ2n) is 9.04. The lowest BCUT2D eigenvalue weighted by Crippen LogP contribution is -2.69. The molecule has 15 heteroatoms. The average molecular weight is 513 g/mol. The van der Waals surface area contributed by atoms with E-state index < -0.39 is 105 Å². The first-order chi connectivity index (χ1) is 16.4.